The molecule has 2 heteroatoms. The zero-order valence-corrected chi connectivity index (χ0v) is 9.67. The monoisotopic (exact) mass is 206 g/mol. The maximum Gasteiger partial charge on any atom is 0.162 e. The molecule has 1 rings (SSSR count). The molecule has 0 bridgehead atoms. The number of carbonyl (C=O) groups excluding carboxylic acids is 1. The Kier molecular flexibility index (Phi) is 4.35. The van der Waals surface area contributed by atoms with Crippen molar-refractivity contribution in [1.29, 1.82) is 0 Å². The van der Waals surface area contributed by atoms with E-state index in [9.17, 15) is 4.79 Å². The molecule has 0 radical (unpaired) electrons. The zero-order valence-electron chi connectivity index (χ0n) is 9.67. The molecule has 0 N–H and O–H groups in total. The summed E-state index contributed by atoms with van der Waals surface area (Å²) in [6.45, 7) is 6.62. The van der Waals surface area contributed by atoms with Gasteiger partial charge in [0.2, 0.25) is 0 Å². The van der Waals surface area contributed by atoms with Crippen LogP contribution in [0.4, 0.5) is 0 Å². The number of hydrogen-bond donors (Lipinski definition) is 0. The molecule has 0 aliphatic carbocycles. The maximum absolute atomic E-state index is 11.5. The predicted octanol–water partition coefficient (Wildman–Crippen LogP) is 3.38. The van der Waals surface area contributed by atoms with E-state index in [2.05, 4.69) is 6.92 Å². The molecule has 0 amide bonds. The third kappa shape index (κ3) is 3.08. The minimum Gasteiger partial charge on any atom is -0.494 e. The molecular weight excluding hydrogens is 188 g/mol. The summed E-state index contributed by atoms with van der Waals surface area (Å²) >= 11 is 0. The number of hydrogen-bond acceptors (Lipinski definition) is 2. The number of ketones is 1. The standard InChI is InChI=1S/C13H18O2/c1-4-8-15-11-6-7-12(10(3)9-11)13(14)5-2/h6-7,9H,4-5,8H2,1-3H3. The summed E-state index contributed by atoms with van der Waals surface area (Å²) in [4.78, 5) is 11.5. The first-order valence-electron chi connectivity index (χ1n) is 5.45. The number of Topliss-reactive ketones (excluding diaryl/α,β-unsaturated/α-hetero) is 1. The molecule has 0 saturated heterocycles. The van der Waals surface area contributed by atoms with Gasteiger partial charge in [-0.1, -0.05) is 13.8 Å². The van der Waals surface area contributed by atoms with Crippen LogP contribution < -0.4 is 4.74 Å². The first kappa shape index (κ1) is 11.8. The Morgan fingerprint density at radius 2 is 2.07 bits per heavy atom. The van der Waals surface area contributed by atoms with Crippen LogP contribution in [0.25, 0.3) is 0 Å². The second-order valence-corrected chi connectivity index (χ2v) is 3.60. The van der Waals surface area contributed by atoms with Gasteiger partial charge in [0.1, 0.15) is 5.75 Å². The van der Waals surface area contributed by atoms with E-state index in [0.717, 1.165) is 29.9 Å². The van der Waals surface area contributed by atoms with Crippen molar-refractivity contribution in [1.82, 2.24) is 0 Å². The van der Waals surface area contributed by atoms with Gasteiger partial charge in [-0.2, -0.15) is 0 Å². The molecule has 0 fully saturated rings. The van der Waals surface area contributed by atoms with Crippen molar-refractivity contribution < 1.29 is 9.53 Å². The zero-order chi connectivity index (χ0) is 11.3. The molecular formula is C13H18O2. The summed E-state index contributed by atoms with van der Waals surface area (Å²) in [6.07, 6.45) is 1.55. The smallest absolute Gasteiger partial charge is 0.162 e. The molecule has 0 atom stereocenters. The molecule has 15 heavy (non-hydrogen) atoms. The third-order valence-corrected chi connectivity index (χ3v) is 2.29. The quantitative estimate of drug-likeness (QED) is 0.690. The second kappa shape index (κ2) is 5.54. The highest BCUT2D eigenvalue weighted by atomic mass is 16.5. The molecule has 0 aliphatic rings. The molecule has 0 saturated carbocycles. The van der Waals surface area contributed by atoms with Gasteiger partial charge < -0.3 is 4.74 Å². The van der Waals surface area contributed by atoms with Crippen molar-refractivity contribution in [2.45, 2.75) is 33.6 Å². The fraction of sp³-hybridized carbons (Fsp3) is 0.462. The maximum atomic E-state index is 11.5. The van der Waals surface area contributed by atoms with E-state index < -0.39 is 0 Å². The van der Waals surface area contributed by atoms with Crippen molar-refractivity contribution in [3.63, 3.8) is 0 Å². The molecule has 82 valence electrons. The normalized spacial score (nSPS) is 10.1. The van der Waals surface area contributed by atoms with Gasteiger partial charge in [0.15, 0.2) is 5.78 Å². The van der Waals surface area contributed by atoms with Crippen LogP contribution in [0.2, 0.25) is 0 Å². The molecule has 1 aromatic rings. The predicted molar refractivity (Wildman–Crippen MR) is 61.6 cm³/mol. The van der Waals surface area contributed by atoms with Gasteiger partial charge in [0.05, 0.1) is 6.61 Å². The minimum absolute atomic E-state index is 0.189. The van der Waals surface area contributed by atoms with Gasteiger partial charge in [-0.3, -0.25) is 4.79 Å². The Bertz CT molecular complexity index is 342. The van der Waals surface area contributed by atoms with E-state index in [1.807, 2.05) is 32.0 Å². The van der Waals surface area contributed by atoms with Crippen molar-refractivity contribution in [3.8, 4) is 5.75 Å². The van der Waals surface area contributed by atoms with Crippen LogP contribution in [0.1, 0.15) is 42.6 Å². The van der Waals surface area contributed by atoms with E-state index in [1.54, 1.807) is 0 Å². The van der Waals surface area contributed by atoms with Crippen molar-refractivity contribution in [3.05, 3.63) is 29.3 Å². The molecule has 2 nitrogen and oxygen atoms in total. The average Bonchev–Trinajstić information content (AvgIpc) is 2.25. The Hall–Kier alpha value is -1.31. The summed E-state index contributed by atoms with van der Waals surface area (Å²) in [6, 6.07) is 5.65. The van der Waals surface area contributed by atoms with Gasteiger partial charge in [0.25, 0.3) is 0 Å². The van der Waals surface area contributed by atoms with Crippen LogP contribution >= 0.6 is 0 Å². The largest absolute Gasteiger partial charge is 0.494 e. The van der Waals surface area contributed by atoms with E-state index in [-0.39, 0.29) is 5.78 Å². The van der Waals surface area contributed by atoms with E-state index in [0.29, 0.717) is 6.42 Å². The van der Waals surface area contributed by atoms with Crippen molar-refractivity contribution in [2.24, 2.45) is 0 Å². The SMILES string of the molecule is CCCOc1ccc(C(=O)CC)c(C)c1. The van der Waals surface area contributed by atoms with E-state index in [4.69, 9.17) is 4.74 Å². The molecule has 0 unspecified atom stereocenters. The minimum atomic E-state index is 0.189. The van der Waals surface area contributed by atoms with Crippen LogP contribution in [-0.4, -0.2) is 12.4 Å². The first-order chi connectivity index (χ1) is 7.19. The average molecular weight is 206 g/mol. The van der Waals surface area contributed by atoms with Gasteiger partial charge in [-0.25, -0.2) is 0 Å². The number of rotatable bonds is 5. The highest BCUT2D eigenvalue weighted by Crippen LogP contribution is 2.18. The number of benzene rings is 1. The highest BCUT2D eigenvalue weighted by molar-refractivity contribution is 5.97. The Morgan fingerprint density at radius 1 is 1.33 bits per heavy atom. The fourth-order valence-electron chi connectivity index (χ4n) is 1.45. The van der Waals surface area contributed by atoms with E-state index >= 15 is 0 Å². The molecule has 0 aliphatic heterocycles. The first-order valence-corrected chi connectivity index (χ1v) is 5.45. The van der Waals surface area contributed by atoms with Gasteiger partial charge in [-0.15, -0.1) is 0 Å². The van der Waals surface area contributed by atoms with Crippen LogP contribution in [0.15, 0.2) is 18.2 Å². The topological polar surface area (TPSA) is 26.3 Å². The number of carbonyl (C=O) groups is 1. The van der Waals surface area contributed by atoms with Crippen LogP contribution in [0.3, 0.4) is 0 Å². The second-order valence-electron chi connectivity index (χ2n) is 3.60. The third-order valence-electron chi connectivity index (χ3n) is 2.29. The van der Waals surface area contributed by atoms with Crippen LogP contribution in [-0.2, 0) is 0 Å². The highest BCUT2D eigenvalue weighted by Gasteiger charge is 2.07. The lowest BCUT2D eigenvalue weighted by Crippen LogP contribution is -2.01. The lowest BCUT2D eigenvalue weighted by atomic mass is 10.0. The lowest BCUT2D eigenvalue weighted by Gasteiger charge is -2.08. The van der Waals surface area contributed by atoms with Gasteiger partial charge in [0, 0.05) is 12.0 Å². The van der Waals surface area contributed by atoms with Gasteiger partial charge >= 0.3 is 0 Å². The Balaban J connectivity index is 2.83. The Morgan fingerprint density at radius 3 is 2.60 bits per heavy atom. The molecule has 0 spiro atoms. The fourth-order valence-corrected chi connectivity index (χ4v) is 1.45. The molecule has 0 aromatic heterocycles. The summed E-state index contributed by atoms with van der Waals surface area (Å²) in [5.74, 6) is 1.04. The van der Waals surface area contributed by atoms with Crippen LogP contribution in [0.5, 0.6) is 5.75 Å². The van der Waals surface area contributed by atoms with Crippen molar-refractivity contribution in [2.75, 3.05) is 6.61 Å². The number of ether oxygens (including phenoxy) is 1. The Labute approximate surface area is 91.3 Å². The van der Waals surface area contributed by atoms with Gasteiger partial charge in [-0.05, 0) is 37.1 Å². The summed E-state index contributed by atoms with van der Waals surface area (Å²) in [5, 5.41) is 0. The number of aryl methyl sites for hydroxylation is 1. The van der Waals surface area contributed by atoms with Crippen molar-refractivity contribution >= 4 is 5.78 Å². The molecule has 1 aromatic carbocycles. The summed E-state index contributed by atoms with van der Waals surface area (Å²) < 4.78 is 5.49. The summed E-state index contributed by atoms with van der Waals surface area (Å²) in [7, 11) is 0. The lowest BCUT2D eigenvalue weighted by molar-refractivity contribution is 0.0987. The van der Waals surface area contributed by atoms with Crippen LogP contribution in [0, 0.1) is 6.92 Å². The summed E-state index contributed by atoms with van der Waals surface area (Å²) in [5.41, 5.74) is 1.80. The van der Waals surface area contributed by atoms with E-state index in [1.165, 1.54) is 0 Å². The molecule has 0 heterocycles.